The first kappa shape index (κ1) is 25.2. The number of aliphatic imine (C=N–C) groups is 1. The zero-order valence-corrected chi connectivity index (χ0v) is 20.7. The van der Waals surface area contributed by atoms with Gasteiger partial charge in [0.15, 0.2) is 5.96 Å². The Labute approximate surface area is 199 Å². The highest BCUT2D eigenvalue weighted by Crippen LogP contribution is 2.18. The summed E-state index contributed by atoms with van der Waals surface area (Å²) in [5.74, 6) is 1.04. The van der Waals surface area contributed by atoms with Crippen molar-refractivity contribution in [3.63, 3.8) is 0 Å². The molecular weight excluding hydrogens is 491 g/mol. The molecule has 30 heavy (non-hydrogen) atoms. The van der Waals surface area contributed by atoms with Crippen molar-refractivity contribution in [3.05, 3.63) is 30.3 Å². The topological polar surface area (TPSA) is 58.1 Å². The Morgan fingerprint density at radius 3 is 2.67 bits per heavy atom. The molecule has 2 aliphatic rings. The van der Waals surface area contributed by atoms with Gasteiger partial charge in [-0.05, 0) is 57.6 Å². The first-order valence-electron chi connectivity index (χ1n) is 11.4. The summed E-state index contributed by atoms with van der Waals surface area (Å²) in [6, 6.07) is 10.3. The van der Waals surface area contributed by atoms with E-state index in [-0.39, 0.29) is 24.0 Å². The molecule has 2 N–H and O–H groups in total. The Balaban J connectivity index is 0.00000320. The fourth-order valence-corrected chi connectivity index (χ4v) is 3.90. The molecule has 1 aromatic carbocycles. The summed E-state index contributed by atoms with van der Waals surface area (Å²) in [7, 11) is 0. The van der Waals surface area contributed by atoms with Gasteiger partial charge in [0.2, 0.25) is 0 Å². The minimum Gasteiger partial charge on any atom is -0.385 e. The van der Waals surface area contributed by atoms with E-state index in [2.05, 4.69) is 46.7 Å². The number of ether oxygens (including phenoxy) is 2. The Morgan fingerprint density at radius 1 is 1.17 bits per heavy atom. The average molecular weight is 530 g/mol. The van der Waals surface area contributed by atoms with E-state index in [0.717, 1.165) is 77.6 Å². The molecule has 170 valence electrons. The molecule has 2 saturated heterocycles. The third kappa shape index (κ3) is 8.98. The van der Waals surface area contributed by atoms with Crippen molar-refractivity contribution in [1.82, 2.24) is 10.2 Å². The number of halogens is 1. The third-order valence-electron chi connectivity index (χ3n) is 5.57. The number of guanidine groups is 1. The largest absolute Gasteiger partial charge is 0.385 e. The van der Waals surface area contributed by atoms with Gasteiger partial charge in [-0.2, -0.15) is 0 Å². The fraction of sp³-hybridized carbons (Fsp3) is 0.696. The van der Waals surface area contributed by atoms with Crippen molar-refractivity contribution in [2.45, 2.75) is 57.7 Å². The zero-order chi connectivity index (χ0) is 20.2. The molecule has 7 heteroatoms. The summed E-state index contributed by atoms with van der Waals surface area (Å²) in [5, 5.41) is 6.90. The lowest BCUT2D eigenvalue weighted by atomic mass is 10.1. The SMILES string of the molecule is CCNC(=NCCCNc1ccccc1)N1CCC(OCC2CCCCO2)CC1.I. The van der Waals surface area contributed by atoms with Gasteiger partial charge in [-0.25, -0.2) is 0 Å². The molecule has 0 aliphatic carbocycles. The molecule has 2 fully saturated rings. The maximum absolute atomic E-state index is 6.15. The van der Waals surface area contributed by atoms with Crippen molar-refractivity contribution in [2.24, 2.45) is 4.99 Å². The van der Waals surface area contributed by atoms with Gasteiger partial charge in [0.05, 0.1) is 18.8 Å². The molecular formula is C23H39IN4O2. The van der Waals surface area contributed by atoms with Gasteiger partial charge in [-0.1, -0.05) is 18.2 Å². The average Bonchev–Trinajstić information content (AvgIpc) is 2.78. The third-order valence-corrected chi connectivity index (χ3v) is 5.57. The molecule has 0 saturated carbocycles. The number of nitrogens with one attached hydrogen (secondary N) is 2. The summed E-state index contributed by atoms with van der Waals surface area (Å²) in [6.07, 6.45) is 7.43. The molecule has 0 aromatic heterocycles. The number of likely N-dealkylation sites (tertiary alicyclic amines) is 1. The molecule has 1 unspecified atom stereocenters. The van der Waals surface area contributed by atoms with E-state index in [0.29, 0.717) is 12.2 Å². The first-order chi connectivity index (χ1) is 14.3. The maximum atomic E-state index is 6.15. The lowest BCUT2D eigenvalue weighted by Gasteiger charge is -2.35. The zero-order valence-electron chi connectivity index (χ0n) is 18.4. The lowest BCUT2D eigenvalue weighted by molar-refractivity contribution is -0.0721. The summed E-state index contributed by atoms with van der Waals surface area (Å²) < 4.78 is 11.9. The standard InChI is InChI=1S/C23H38N4O2.HI/c1-2-24-23(26-15-8-14-25-20-9-4-3-5-10-20)27-16-12-21(13-17-27)29-19-22-11-6-7-18-28-22;/h3-5,9-10,21-22,25H,2,6-8,11-19H2,1H3,(H,24,26);1H. The minimum atomic E-state index is 0. The molecule has 0 bridgehead atoms. The maximum Gasteiger partial charge on any atom is 0.193 e. The van der Waals surface area contributed by atoms with E-state index < -0.39 is 0 Å². The van der Waals surface area contributed by atoms with E-state index >= 15 is 0 Å². The quantitative estimate of drug-likeness (QED) is 0.218. The number of para-hydroxylation sites is 1. The van der Waals surface area contributed by atoms with Crippen molar-refractivity contribution in [1.29, 1.82) is 0 Å². The van der Waals surface area contributed by atoms with Crippen LogP contribution >= 0.6 is 24.0 Å². The van der Waals surface area contributed by atoms with Gasteiger partial charge >= 0.3 is 0 Å². The van der Waals surface area contributed by atoms with Crippen LogP contribution in [0.2, 0.25) is 0 Å². The number of anilines is 1. The van der Waals surface area contributed by atoms with Gasteiger partial charge in [-0.3, -0.25) is 4.99 Å². The second-order valence-electron chi connectivity index (χ2n) is 7.89. The summed E-state index contributed by atoms with van der Waals surface area (Å²) in [4.78, 5) is 7.22. The van der Waals surface area contributed by atoms with Gasteiger partial charge in [0.25, 0.3) is 0 Å². The molecule has 3 rings (SSSR count). The van der Waals surface area contributed by atoms with Crippen LogP contribution in [0.4, 0.5) is 5.69 Å². The van der Waals surface area contributed by atoms with Gasteiger partial charge in [-0.15, -0.1) is 24.0 Å². The van der Waals surface area contributed by atoms with Crippen LogP contribution in [0.1, 0.15) is 45.4 Å². The number of nitrogens with zero attached hydrogens (tertiary/aromatic N) is 2. The molecule has 1 atom stereocenters. The highest BCUT2D eigenvalue weighted by molar-refractivity contribution is 14.0. The number of hydrogen-bond donors (Lipinski definition) is 2. The van der Waals surface area contributed by atoms with E-state index in [1.807, 2.05) is 6.07 Å². The molecule has 6 nitrogen and oxygen atoms in total. The Bertz CT molecular complexity index is 588. The van der Waals surface area contributed by atoms with Crippen LogP contribution in [-0.2, 0) is 9.47 Å². The molecule has 2 heterocycles. The van der Waals surface area contributed by atoms with Crippen LogP contribution in [0.5, 0.6) is 0 Å². The van der Waals surface area contributed by atoms with Crippen LogP contribution in [0, 0.1) is 0 Å². The fourth-order valence-electron chi connectivity index (χ4n) is 3.90. The van der Waals surface area contributed by atoms with Crippen LogP contribution in [0.25, 0.3) is 0 Å². The number of hydrogen-bond acceptors (Lipinski definition) is 4. The second kappa shape index (κ2) is 14.9. The van der Waals surface area contributed by atoms with Crippen molar-refractivity contribution < 1.29 is 9.47 Å². The Hall–Kier alpha value is -1.06. The van der Waals surface area contributed by atoms with Gasteiger partial charge < -0.3 is 25.0 Å². The van der Waals surface area contributed by atoms with Gasteiger partial charge in [0, 0.05) is 45.0 Å². The molecule has 0 spiro atoms. The number of piperidine rings is 1. The molecule has 1 aromatic rings. The van der Waals surface area contributed by atoms with Crippen LogP contribution in [0.3, 0.4) is 0 Å². The second-order valence-corrected chi connectivity index (χ2v) is 7.89. The van der Waals surface area contributed by atoms with Crippen molar-refractivity contribution >= 4 is 35.6 Å². The monoisotopic (exact) mass is 530 g/mol. The molecule has 2 aliphatic heterocycles. The van der Waals surface area contributed by atoms with Gasteiger partial charge in [0.1, 0.15) is 0 Å². The predicted octanol–water partition coefficient (Wildman–Crippen LogP) is 4.12. The van der Waals surface area contributed by atoms with Crippen LogP contribution in [0.15, 0.2) is 35.3 Å². The first-order valence-corrected chi connectivity index (χ1v) is 11.4. The van der Waals surface area contributed by atoms with Crippen molar-refractivity contribution in [3.8, 4) is 0 Å². The predicted molar refractivity (Wildman–Crippen MR) is 135 cm³/mol. The van der Waals surface area contributed by atoms with Crippen molar-refractivity contribution in [2.75, 3.05) is 51.3 Å². The normalized spacial score (nSPS) is 20.5. The molecule has 0 amide bonds. The lowest BCUT2D eigenvalue weighted by Crippen LogP contribution is -2.47. The number of benzene rings is 1. The summed E-state index contributed by atoms with van der Waals surface area (Å²) in [6.45, 7) is 8.46. The number of rotatable bonds is 9. The van der Waals surface area contributed by atoms with Crippen LogP contribution < -0.4 is 10.6 Å². The summed E-state index contributed by atoms with van der Waals surface area (Å²) >= 11 is 0. The molecule has 0 radical (unpaired) electrons. The van der Waals surface area contributed by atoms with E-state index in [1.165, 1.54) is 18.5 Å². The highest BCUT2D eigenvalue weighted by atomic mass is 127. The van der Waals surface area contributed by atoms with E-state index in [4.69, 9.17) is 14.5 Å². The Kier molecular flexibility index (Phi) is 12.5. The highest BCUT2D eigenvalue weighted by Gasteiger charge is 2.23. The Morgan fingerprint density at radius 2 is 1.97 bits per heavy atom. The minimum absolute atomic E-state index is 0. The smallest absolute Gasteiger partial charge is 0.193 e. The summed E-state index contributed by atoms with van der Waals surface area (Å²) in [5.41, 5.74) is 1.17. The van der Waals surface area contributed by atoms with Crippen LogP contribution in [-0.4, -0.2) is 69.0 Å². The van der Waals surface area contributed by atoms with E-state index in [9.17, 15) is 0 Å². The van der Waals surface area contributed by atoms with E-state index in [1.54, 1.807) is 0 Å².